The highest BCUT2D eigenvalue weighted by Gasteiger charge is 2.29. The van der Waals surface area contributed by atoms with Crippen LogP contribution in [0.1, 0.15) is 25.2 Å². The second-order valence-corrected chi connectivity index (χ2v) is 6.39. The Bertz CT molecular complexity index is 881. The van der Waals surface area contributed by atoms with Crippen LogP contribution in [0.4, 0.5) is 4.39 Å². The first kappa shape index (κ1) is 16.2. The molecule has 0 unspecified atom stereocenters. The quantitative estimate of drug-likeness (QED) is 0.800. The van der Waals surface area contributed by atoms with Gasteiger partial charge in [0.1, 0.15) is 11.6 Å². The lowest BCUT2D eigenvalue weighted by molar-refractivity contribution is -0.125. The van der Waals surface area contributed by atoms with Crippen LogP contribution in [0.2, 0.25) is 0 Å². The van der Waals surface area contributed by atoms with Crippen LogP contribution in [0.25, 0.3) is 11.0 Å². The van der Waals surface area contributed by atoms with E-state index in [2.05, 4.69) is 10.3 Å². The summed E-state index contributed by atoms with van der Waals surface area (Å²) >= 11 is 0. The monoisotopic (exact) mass is 325 g/mol. The van der Waals surface area contributed by atoms with Gasteiger partial charge in [-0.2, -0.15) is 0 Å². The van der Waals surface area contributed by atoms with Gasteiger partial charge in [0.05, 0.1) is 23.0 Å². The second kappa shape index (κ2) is 6.07. The van der Waals surface area contributed by atoms with Gasteiger partial charge in [-0.05, 0) is 43.7 Å². The highest BCUT2D eigenvalue weighted by atomic mass is 19.1. The molecule has 0 aliphatic heterocycles. The topological polar surface area (TPSA) is 46.9 Å². The Morgan fingerprint density at radius 3 is 2.50 bits per heavy atom. The molecule has 0 saturated carbocycles. The maximum Gasteiger partial charge on any atom is 0.230 e. The number of para-hydroxylation sites is 2. The van der Waals surface area contributed by atoms with Gasteiger partial charge in [0, 0.05) is 7.05 Å². The van der Waals surface area contributed by atoms with E-state index in [1.165, 1.54) is 12.1 Å². The van der Waals surface area contributed by atoms with Gasteiger partial charge in [0.15, 0.2) is 0 Å². The summed E-state index contributed by atoms with van der Waals surface area (Å²) in [6.07, 6.45) is 0. The standard InChI is InChI=1S/C19H20FN3O/c1-19(2,13-8-10-14(20)11-9-13)18(24)21-12-17-22-15-6-4-5-7-16(15)23(17)3/h4-11H,12H2,1-3H3,(H,21,24). The van der Waals surface area contributed by atoms with E-state index in [1.807, 2.05) is 49.7 Å². The third kappa shape index (κ3) is 2.89. The first-order valence-electron chi connectivity index (χ1n) is 7.84. The van der Waals surface area contributed by atoms with Crippen molar-refractivity contribution in [2.45, 2.75) is 25.8 Å². The van der Waals surface area contributed by atoms with Crippen LogP contribution in [0.5, 0.6) is 0 Å². The molecular formula is C19H20FN3O. The van der Waals surface area contributed by atoms with Crippen LogP contribution >= 0.6 is 0 Å². The number of imidazole rings is 1. The Kier molecular flexibility index (Phi) is 4.09. The summed E-state index contributed by atoms with van der Waals surface area (Å²) in [6, 6.07) is 13.9. The Labute approximate surface area is 140 Å². The van der Waals surface area contributed by atoms with Crippen molar-refractivity contribution in [3.63, 3.8) is 0 Å². The molecule has 0 saturated heterocycles. The predicted octanol–water partition coefficient (Wildman–Crippen LogP) is 3.31. The minimum Gasteiger partial charge on any atom is -0.348 e. The molecule has 0 aliphatic carbocycles. The number of aromatic nitrogens is 2. The van der Waals surface area contributed by atoms with Gasteiger partial charge in [-0.15, -0.1) is 0 Å². The Hall–Kier alpha value is -2.69. The molecule has 3 aromatic rings. The number of nitrogens with one attached hydrogen (secondary N) is 1. The molecule has 124 valence electrons. The molecule has 1 aromatic heterocycles. The van der Waals surface area contributed by atoms with Crippen molar-refractivity contribution in [3.05, 3.63) is 65.7 Å². The summed E-state index contributed by atoms with van der Waals surface area (Å²) in [7, 11) is 1.93. The zero-order chi connectivity index (χ0) is 17.3. The van der Waals surface area contributed by atoms with E-state index >= 15 is 0 Å². The van der Waals surface area contributed by atoms with Gasteiger partial charge in [0.25, 0.3) is 0 Å². The number of amides is 1. The number of carbonyl (C=O) groups is 1. The largest absolute Gasteiger partial charge is 0.348 e. The van der Waals surface area contributed by atoms with Crippen molar-refractivity contribution >= 4 is 16.9 Å². The number of rotatable bonds is 4. The molecule has 5 heteroatoms. The average molecular weight is 325 g/mol. The zero-order valence-electron chi connectivity index (χ0n) is 14.0. The highest BCUT2D eigenvalue weighted by molar-refractivity contribution is 5.87. The lowest BCUT2D eigenvalue weighted by Crippen LogP contribution is -2.40. The van der Waals surface area contributed by atoms with E-state index in [-0.39, 0.29) is 11.7 Å². The molecule has 0 aliphatic rings. The summed E-state index contributed by atoms with van der Waals surface area (Å²) in [5.74, 6) is 0.357. The summed E-state index contributed by atoms with van der Waals surface area (Å²) in [5.41, 5.74) is 1.95. The smallest absolute Gasteiger partial charge is 0.230 e. The summed E-state index contributed by atoms with van der Waals surface area (Å²) < 4.78 is 15.1. The number of hydrogen-bond acceptors (Lipinski definition) is 2. The van der Waals surface area contributed by atoms with Gasteiger partial charge in [-0.25, -0.2) is 9.37 Å². The molecule has 3 rings (SSSR count). The van der Waals surface area contributed by atoms with E-state index < -0.39 is 5.41 Å². The van der Waals surface area contributed by atoms with Crippen molar-refractivity contribution in [2.75, 3.05) is 0 Å². The number of hydrogen-bond donors (Lipinski definition) is 1. The summed E-state index contributed by atoms with van der Waals surface area (Å²) in [6.45, 7) is 3.99. The molecule has 1 heterocycles. The van der Waals surface area contributed by atoms with Crippen LogP contribution in [0.15, 0.2) is 48.5 Å². The number of aryl methyl sites for hydroxylation is 1. The molecule has 0 fully saturated rings. The van der Waals surface area contributed by atoms with Crippen molar-refractivity contribution in [1.29, 1.82) is 0 Å². The zero-order valence-corrected chi connectivity index (χ0v) is 14.0. The Morgan fingerprint density at radius 2 is 1.83 bits per heavy atom. The van der Waals surface area contributed by atoms with E-state index in [1.54, 1.807) is 12.1 Å². The molecule has 0 spiro atoms. The Morgan fingerprint density at radius 1 is 1.17 bits per heavy atom. The molecular weight excluding hydrogens is 305 g/mol. The van der Waals surface area contributed by atoms with Crippen LogP contribution in [-0.4, -0.2) is 15.5 Å². The first-order valence-corrected chi connectivity index (χ1v) is 7.84. The lowest BCUT2D eigenvalue weighted by Gasteiger charge is -2.24. The minimum absolute atomic E-state index is 0.124. The van der Waals surface area contributed by atoms with Crippen LogP contribution in [-0.2, 0) is 23.8 Å². The molecule has 0 radical (unpaired) electrons. The van der Waals surface area contributed by atoms with E-state index in [0.717, 1.165) is 22.4 Å². The Balaban J connectivity index is 1.76. The summed E-state index contributed by atoms with van der Waals surface area (Å²) in [5, 5.41) is 2.94. The van der Waals surface area contributed by atoms with Crippen molar-refractivity contribution in [1.82, 2.24) is 14.9 Å². The minimum atomic E-state index is -0.752. The number of benzene rings is 2. The maximum atomic E-state index is 13.1. The highest BCUT2D eigenvalue weighted by Crippen LogP contribution is 2.24. The normalized spacial score (nSPS) is 11.7. The second-order valence-electron chi connectivity index (χ2n) is 6.39. The van der Waals surface area contributed by atoms with Gasteiger partial charge in [0.2, 0.25) is 5.91 Å². The van der Waals surface area contributed by atoms with Crippen molar-refractivity contribution < 1.29 is 9.18 Å². The van der Waals surface area contributed by atoms with E-state index in [4.69, 9.17) is 0 Å². The molecule has 0 atom stereocenters. The number of nitrogens with zero attached hydrogens (tertiary/aromatic N) is 2. The predicted molar refractivity (Wildman–Crippen MR) is 92.0 cm³/mol. The van der Waals surface area contributed by atoms with Gasteiger partial charge >= 0.3 is 0 Å². The summed E-state index contributed by atoms with van der Waals surface area (Å²) in [4.78, 5) is 17.2. The van der Waals surface area contributed by atoms with E-state index in [9.17, 15) is 9.18 Å². The van der Waals surface area contributed by atoms with Crippen molar-refractivity contribution in [2.24, 2.45) is 7.05 Å². The molecule has 4 nitrogen and oxygen atoms in total. The fourth-order valence-corrected chi connectivity index (χ4v) is 2.73. The van der Waals surface area contributed by atoms with Gasteiger partial charge in [-0.1, -0.05) is 24.3 Å². The SMILES string of the molecule is Cn1c(CNC(=O)C(C)(C)c2ccc(F)cc2)nc2ccccc21. The fraction of sp³-hybridized carbons (Fsp3) is 0.263. The number of fused-ring (bicyclic) bond motifs is 1. The maximum absolute atomic E-state index is 13.1. The molecule has 1 amide bonds. The van der Waals surface area contributed by atoms with Gasteiger partial charge in [-0.3, -0.25) is 4.79 Å². The van der Waals surface area contributed by atoms with Crippen LogP contribution in [0, 0.1) is 5.82 Å². The van der Waals surface area contributed by atoms with Crippen molar-refractivity contribution in [3.8, 4) is 0 Å². The molecule has 24 heavy (non-hydrogen) atoms. The fourth-order valence-electron chi connectivity index (χ4n) is 2.73. The molecule has 1 N–H and O–H groups in total. The van der Waals surface area contributed by atoms with Gasteiger partial charge < -0.3 is 9.88 Å². The lowest BCUT2D eigenvalue weighted by atomic mass is 9.83. The van der Waals surface area contributed by atoms with E-state index in [0.29, 0.717) is 6.54 Å². The van der Waals surface area contributed by atoms with Crippen LogP contribution in [0.3, 0.4) is 0 Å². The number of carbonyl (C=O) groups excluding carboxylic acids is 1. The van der Waals surface area contributed by atoms with Crippen LogP contribution < -0.4 is 5.32 Å². The average Bonchev–Trinajstić information content (AvgIpc) is 2.89. The molecule has 2 aromatic carbocycles. The first-order chi connectivity index (χ1) is 11.4. The third-order valence-corrected chi connectivity index (χ3v) is 4.42. The molecule has 0 bridgehead atoms. The third-order valence-electron chi connectivity index (χ3n) is 4.42. The number of halogens is 1.